The van der Waals surface area contributed by atoms with Gasteiger partial charge in [-0.2, -0.15) is 4.98 Å². The number of fused-ring (bicyclic) bond motifs is 1. The highest BCUT2D eigenvalue weighted by atomic mass is 16.4. The fourth-order valence-corrected chi connectivity index (χ4v) is 2.86. The second-order valence-electron chi connectivity index (χ2n) is 5.79. The van der Waals surface area contributed by atoms with Gasteiger partial charge in [0.05, 0.1) is 11.1 Å². The molecule has 1 unspecified atom stereocenters. The van der Waals surface area contributed by atoms with Crippen molar-refractivity contribution in [2.24, 2.45) is 0 Å². The first kappa shape index (κ1) is 14.5. The Hall–Kier alpha value is -2.41. The number of hydrogen-bond acceptors (Lipinski definition) is 6. The number of carboxylic acids is 1. The van der Waals surface area contributed by atoms with E-state index in [1.165, 1.54) is 6.07 Å². The summed E-state index contributed by atoms with van der Waals surface area (Å²) in [5, 5.41) is 9.91. The molecule has 2 heterocycles. The Kier molecular flexibility index (Phi) is 3.58. The summed E-state index contributed by atoms with van der Waals surface area (Å²) in [6.45, 7) is 1.71. The summed E-state index contributed by atoms with van der Waals surface area (Å²) in [6.07, 6.45) is 1.04. The average Bonchev–Trinajstić information content (AvgIpc) is 2.95. The Balaban J connectivity index is 2.08. The zero-order valence-electron chi connectivity index (χ0n) is 12.7. The first-order valence-corrected chi connectivity index (χ1v) is 7.17. The minimum Gasteiger partial charge on any atom is -0.478 e. The summed E-state index contributed by atoms with van der Waals surface area (Å²) in [6, 6.07) is 5.29. The van der Waals surface area contributed by atoms with Crippen LogP contribution in [0.2, 0.25) is 0 Å². The molecule has 1 fully saturated rings. The SMILES string of the molecule is CN(C)C1CCN(c2nc(N)nc3ccc(C(=O)O)cc23)C1. The minimum absolute atomic E-state index is 0.207. The van der Waals surface area contributed by atoms with Crippen molar-refractivity contribution in [1.29, 1.82) is 0 Å². The van der Waals surface area contributed by atoms with Crippen LogP contribution in [-0.2, 0) is 0 Å². The topological polar surface area (TPSA) is 95.6 Å². The van der Waals surface area contributed by atoms with Gasteiger partial charge in [0, 0.05) is 24.5 Å². The number of nitrogens with two attached hydrogens (primary N) is 1. The maximum atomic E-state index is 11.2. The Bertz CT molecular complexity index is 731. The molecule has 0 aliphatic carbocycles. The molecule has 7 heteroatoms. The molecule has 116 valence electrons. The number of benzene rings is 1. The van der Waals surface area contributed by atoms with Crippen molar-refractivity contribution < 1.29 is 9.90 Å². The standard InChI is InChI=1S/C15H19N5O2/c1-19(2)10-5-6-20(8-10)13-11-7-9(14(21)22)3-4-12(11)17-15(16)18-13/h3-4,7,10H,5-6,8H2,1-2H3,(H,21,22)(H2,16,17,18). The highest BCUT2D eigenvalue weighted by molar-refractivity contribution is 5.97. The van der Waals surface area contributed by atoms with Crippen LogP contribution in [0.1, 0.15) is 16.8 Å². The molecule has 22 heavy (non-hydrogen) atoms. The lowest BCUT2D eigenvalue weighted by Crippen LogP contribution is -2.31. The van der Waals surface area contributed by atoms with Crippen molar-refractivity contribution in [3.63, 3.8) is 0 Å². The number of anilines is 2. The molecule has 0 amide bonds. The van der Waals surface area contributed by atoms with Gasteiger partial charge in [-0.15, -0.1) is 0 Å². The molecule has 0 radical (unpaired) electrons. The second-order valence-corrected chi connectivity index (χ2v) is 5.79. The van der Waals surface area contributed by atoms with Crippen molar-refractivity contribution in [3.05, 3.63) is 23.8 Å². The zero-order valence-corrected chi connectivity index (χ0v) is 12.7. The average molecular weight is 301 g/mol. The number of carbonyl (C=O) groups is 1. The Labute approximate surface area is 128 Å². The van der Waals surface area contributed by atoms with Crippen LogP contribution in [-0.4, -0.2) is 59.2 Å². The van der Waals surface area contributed by atoms with Gasteiger partial charge < -0.3 is 20.6 Å². The molecule has 0 spiro atoms. The van der Waals surface area contributed by atoms with E-state index in [4.69, 9.17) is 5.73 Å². The number of nitrogen functional groups attached to an aromatic ring is 1. The molecule has 3 N–H and O–H groups in total. The van der Waals surface area contributed by atoms with Gasteiger partial charge in [0.15, 0.2) is 0 Å². The normalized spacial score (nSPS) is 18.3. The number of aromatic nitrogens is 2. The van der Waals surface area contributed by atoms with Crippen LogP contribution in [0.4, 0.5) is 11.8 Å². The van der Waals surface area contributed by atoms with E-state index in [9.17, 15) is 9.90 Å². The molecular weight excluding hydrogens is 282 g/mol. The minimum atomic E-state index is -0.961. The first-order chi connectivity index (χ1) is 10.5. The summed E-state index contributed by atoms with van der Waals surface area (Å²) in [5.41, 5.74) is 6.70. The van der Waals surface area contributed by atoms with E-state index in [1.807, 2.05) is 0 Å². The fourth-order valence-electron chi connectivity index (χ4n) is 2.86. The first-order valence-electron chi connectivity index (χ1n) is 7.17. The van der Waals surface area contributed by atoms with Crippen LogP contribution in [0.5, 0.6) is 0 Å². The monoisotopic (exact) mass is 301 g/mol. The summed E-state index contributed by atoms with van der Waals surface area (Å²) in [4.78, 5) is 24.1. The maximum Gasteiger partial charge on any atom is 0.335 e. The molecule has 3 rings (SSSR count). The van der Waals surface area contributed by atoms with Crippen molar-refractivity contribution in [2.45, 2.75) is 12.5 Å². The van der Waals surface area contributed by atoms with Gasteiger partial charge in [0.25, 0.3) is 0 Å². The van der Waals surface area contributed by atoms with Gasteiger partial charge in [-0.1, -0.05) is 0 Å². The number of carboxylic acid groups (broad SMARTS) is 1. The molecule has 0 bridgehead atoms. The fraction of sp³-hybridized carbons (Fsp3) is 0.400. The maximum absolute atomic E-state index is 11.2. The van der Waals surface area contributed by atoms with E-state index >= 15 is 0 Å². The number of hydrogen-bond donors (Lipinski definition) is 2. The predicted octanol–water partition coefficient (Wildman–Crippen LogP) is 1.05. The highest BCUT2D eigenvalue weighted by Crippen LogP contribution is 2.29. The van der Waals surface area contributed by atoms with Gasteiger partial charge in [-0.05, 0) is 38.7 Å². The third-order valence-corrected chi connectivity index (χ3v) is 4.13. The van der Waals surface area contributed by atoms with Gasteiger partial charge in [0.1, 0.15) is 5.82 Å². The lowest BCUT2D eigenvalue weighted by atomic mass is 10.1. The number of aromatic carboxylic acids is 1. The Morgan fingerprint density at radius 1 is 1.41 bits per heavy atom. The van der Waals surface area contributed by atoms with Crippen molar-refractivity contribution >= 4 is 28.6 Å². The molecule has 2 aromatic rings. The predicted molar refractivity (Wildman–Crippen MR) is 85.2 cm³/mol. The summed E-state index contributed by atoms with van der Waals surface area (Å²) < 4.78 is 0. The van der Waals surface area contributed by atoms with E-state index in [2.05, 4.69) is 33.9 Å². The second kappa shape index (κ2) is 5.42. The quantitative estimate of drug-likeness (QED) is 0.874. The van der Waals surface area contributed by atoms with Crippen LogP contribution < -0.4 is 10.6 Å². The molecule has 1 atom stereocenters. The summed E-state index contributed by atoms with van der Waals surface area (Å²) in [7, 11) is 4.12. The number of rotatable bonds is 3. The summed E-state index contributed by atoms with van der Waals surface area (Å²) in [5.74, 6) is -0.0360. The van der Waals surface area contributed by atoms with Gasteiger partial charge in [-0.3, -0.25) is 0 Å². The molecule has 7 nitrogen and oxygen atoms in total. The molecule has 1 aromatic heterocycles. The molecule has 1 aromatic carbocycles. The molecule has 1 saturated heterocycles. The third kappa shape index (κ3) is 2.55. The van der Waals surface area contributed by atoms with E-state index in [0.29, 0.717) is 11.6 Å². The molecule has 1 aliphatic heterocycles. The van der Waals surface area contributed by atoms with E-state index in [1.54, 1.807) is 12.1 Å². The zero-order chi connectivity index (χ0) is 15.9. The molecule has 1 aliphatic rings. The lowest BCUT2D eigenvalue weighted by Gasteiger charge is -2.22. The smallest absolute Gasteiger partial charge is 0.335 e. The molecule has 0 saturated carbocycles. The van der Waals surface area contributed by atoms with Crippen LogP contribution in [0.25, 0.3) is 10.9 Å². The molecular formula is C15H19N5O2. The van der Waals surface area contributed by atoms with Crippen molar-refractivity contribution in [2.75, 3.05) is 37.8 Å². The lowest BCUT2D eigenvalue weighted by molar-refractivity contribution is 0.0697. The van der Waals surface area contributed by atoms with Gasteiger partial charge >= 0.3 is 5.97 Å². The largest absolute Gasteiger partial charge is 0.478 e. The van der Waals surface area contributed by atoms with E-state index < -0.39 is 5.97 Å². The van der Waals surface area contributed by atoms with Crippen molar-refractivity contribution in [1.82, 2.24) is 14.9 Å². The third-order valence-electron chi connectivity index (χ3n) is 4.13. The highest BCUT2D eigenvalue weighted by Gasteiger charge is 2.26. The number of likely N-dealkylation sites (N-methyl/N-ethyl adjacent to an activating group) is 1. The van der Waals surface area contributed by atoms with Crippen LogP contribution >= 0.6 is 0 Å². The Morgan fingerprint density at radius 3 is 2.82 bits per heavy atom. The Morgan fingerprint density at radius 2 is 2.18 bits per heavy atom. The van der Waals surface area contributed by atoms with E-state index in [0.717, 1.165) is 30.7 Å². The van der Waals surface area contributed by atoms with Gasteiger partial charge in [-0.25, -0.2) is 9.78 Å². The van der Waals surface area contributed by atoms with Crippen LogP contribution in [0, 0.1) is 0 Å². The number of nitrogens with zero attached hydrogens (tertiary/aromatic N) is 4. The van der Waals surface area contributed by atoms with Gasteiger partial charge in [0.2, 0.25) is 5.95 Å². The van der Waals surface area contributed by atoms with Crippen molar-refractivity contribution in [3.8, 4) is 0 Å². The van der Waals surface area contributed by atoms with Crippen LogP contribution in [0.15, 0.2) is 18.2 Å². The van der Waals surface area contributed by atoms with E-state index in [-0.39, 0.29) is 11.5 Å². The summed E-state index contributed by atoms with van der Waals surface area (Å²) >= 11 is 0. The van der Waals surface area contributed by atoms with Crippen LogP contribution in [0.3, 0.4) is 0 Å².